The van der Waals surface area contributed by atoms with E-state index in [1.165, 1.54) is 5.56 Å². The summed E-state index contributed by atoms with van der Waals surface area (Å²) in [5.41, 5.74) is 3.74. The van der Waals surface area contributed by atoms with E-state index >= 15 is 0 Å². The van der Waals surface area contributed by atoms with Gasteiger partial charge in [0.1, 0.15) is 0 Å². The van der Waals surface area contributed by atoms with E-state index in [9.17, 15) is 4.79 Å². The van der Waals surface area contributed by atoms with Gasteiger partial charge in [0, 0.05) is 49.2 Å². The van der Waals surface area contributed by atoms with Crippen molar-refractivity contribution in [3.05, 3.63) is 51.1 Å². The van der Waals surface area contributed by atoms with Crippen LogP contribution in [0.2, 0.25) is 0 Å². The Morgan fingerprint density at radius 1 is 1.17 bits per heavy atom. The molecule has 2 aromatic heterocycles. The summed E-state index contributed by atoms with van der Waals surface area (Å²) in [7, 11) is 0. The number of hydrogen-bond donors (Lipinski definition) is 1. The van der Waals surface area contributed by atoms with Crippen LogP contribution in [0.15, 0.2) is 23.0 Å². The highest BCUT2D eigenvalue weighted by Crippen LogP contribution is 2.29. The molecule has 0 radical (unpaired) electrons. The maximum Gasteiger partial charge on any atom is 0.252 e. The standard InChI is InChI=1S/C27H41N7O2/c1-7-24(25-29-30-31-34(25)27(5,6)8-2)33(10-9-32-11-13-36-14-12-32)18-21-17-22-20(4)15-19(3)16-23(22)28-26(21)35/h15-17,24H,7-14,18H2,1-6H3,(H,28,35)/t24-/m1/s1. The van der Waals surface area contributed by atoms with Gasteiger partial charge in [-0.15, -0.1) is 5.10 Å². The molecule has 0 spiro atoms. The van der Waals surface area contributed by atoms with E-state index < -0.39 is 0 Å². The predicted octanol–water partition coefficient (Wildman–Crippen LogP) is 3.56. The van der Waals surface area contributed by atoms with Gasteiger partial charge in [-0.25, -0.2) is 4.68 Å². The molecule has 0 unspecified atom stereocenters. The molecule has 4 rings (SSSR count). The molecule has 1 saturated heterocycles. The fourth-order valence-electron chi connectivity index (χ4n) is 5.08. The third-order valence-electron chi connectivity index (χ3n) is 7.63. The van der Waals surface area contributed by atoms with Crippen LogP contribution in [0.5, 0.6) is 0 Å². The summed E-state index contributed by atoms with van der Waals surface area (Å²) in [4.78, 5) is 21.2. The number of morpholine rings is 1. The molecule has 0 bridgehead atoms. The normalized spacial score (nSPS) is 16.2. The molecule has 3 aromatic rings. The Bertz CT molecular complexity index is 1230. The smallest absolute Gasteiger partial charge is 0.252 e. The van der Waals surface area contributed by atoms with Crippen LogP contribution in [0.1, 0.15) is 69.1 Å². The van der Waals surface area contributed by atoms with Gasteiger partial charge in [0.25, 0.3) is 5.56 Å². The monoisotopic (exact) mass is 495 g/mol. The molecule has 1 aromatic carbocycles. The Kier molecular flexibility index (Phi) is 8.22. The van der Waals surface area contributed by atoms with Crippen molar-refractivity contribution in [2.45, 2.75) is 72.5 Å². The number of rotatable bonds is 10. The lowest BCUT2D eigenvalue weighted by molar-refractivity contribution is 0.0289. The van der Waals surface area contributed by atoms with Crippen LogP contribution in [0.25, 0.3) is 10.9 Å². The first kappa shape index (κ1) is 26.4. The van der Waals surface area contributed by atoms with Gasteiger partial charge in [-0.3, -0.25) is 14.6 Å². The van der Waals surface area contributed by atoms with Crippen molar-refractivity contribution in [1.82, 2.24) is 35.0 Å². The topological polar surface area (TPSA) is 92.2 Å². The molecular weight excluding hydrogens is 454 g/mol. The molecule has 0 amide bonds. The lowest BCUT2D eigenvalue weighted by Gasteiger charge is -2.35. The first-order valence-electron chi connectivity index (χ1n) is 13.2. The van der Waals surface area contributed by atoms with Crippen LogP contribution in [0.3, 0.4) is 0 Å². The fourth-order valence-corrected chi connectivity index (χ4v) is 5.08. The molecule has 196 valence electrons. The number of benzene rings is 1. The van der Waals surface area contributed by atoms with E-state index in [0.29, 0.717) is 6.54 Å². The summed E-state index contributed by atoms with van der Waals surface area (Å²) in [6, 6.07) is 6.26. The second-order valence-electron chi connectivity index (χ2n) is 10.6. The van der Waals surface area contributed by atoms with E-state index in [4.69, 9.17) is 4.74 Å². The number of tetrazole rings is 1. The highest BCUT2D eigenvalue weighted by atomic mass is 16.5. The SMILES string of the molecule is CC[C@H](c1nnnn1C(C)(C)CC)N(CCN1CCOCC1)Cc1cc2c(C)cc(C)cc2[nH]c1=O. The molecule has 0 saturated carbocycles. The lowest BCUT2D eigenvalue weighted by atomic mass is 10.0. The molecule has 1 fully saturated rings. The first-order chi connectivity index (χ1) is 17.2. The van der Waals surface area contributed by atoms with E-state index in [-0.39, 0.29) is 17.1 Å². The molecule has 3 heterocycles. The number of aromatic nitrogens is 5. The number of fused-ring (bicyclic) bond motifs is 1. The molecule has 9 heteroatoms. The number of pyridine rings is 1. The van der Waals surface area contributed by atoms with Gasteiger partial charge in [0.05, 0.1) is 24.8 Å². The average molecular weight is 496 g/mol. The maximum absolute atomic E-state index is 13.2. The Hall–Kier alpha value is -2.62. The van der Waals surface area contributed by atoms with Gasteiger partial charge in [-0.1, -0.05) is 19.9 Å². The zero-order chi connectivity index (χ0) is 25.9. The summed E-state index contributed by atoms with van der Waals surface area (Å²) >= 11 is 0. The summed E-state index contributed by atoms with van der Waals surface area (Å²) in [6.45, 7) is 18.4. The summed E-state index contributed by atoms with van der Waals surface area (Å²) in [5.74, 6) is 0.857. The van der Waals surface area contributed by atoms with Crippen molar-refractivity contribution in [3.63, 3.8) is 0 Å². The molecule has 1 atom stereocenters. The zero-order valence-corrected chi connectivity index (χ0v) is 22.7. The number of hydrogen-bond acceptors (Lipinski definition) is 7. The third-order valence-corrected chi connectivity index (χ3v) is 7.63. The van der Waals surface area contributed by atoms with Crippen molar-refractivity contribution in [2.24, 2.45) is 0 Å². The average Bonchev–Trinajstić information content (AvgIpc) is 3.35. The highest BCUT2D eigenvalue weighted by Gasteiger charge is 2.31. The van der Waals surface area contributed by atoms with Crippen LogP contribution in [-0.2, 0) is 16.8 Å². The van der Waals surface area contributed by atoms with E-state index in [1.807, 2.05) is 10.7 Å². The van der Waals surface area contributed by atoms with E-state index in [1.54, 1.807) is 0 Å². The van der Waals surface area contributed by atoms with Gasteiger partial charge < -0.3 is 9.72 Å². The van der Waals surface area contributed by atoms with Crippen molar-refractivity contribution in [2.75, 3.05) is 39.4 Å². The molecular formula is C27H41N7O2. The largest absolute Gasteiger partial charge is 0.379 e. The Labute approximate surface area is 213 Å². The third kappa shape index (κ3) is 5.68. The Morgan fingerprint density at radius 2 is 1.92 bits per heavy atom. The van der Waals surface area contributed by atoms with Crippen LogP contribution in [0, 0.1) is 13.8 Å². The predicted molar refractivity (Wildman–Crippen MR) is 142 cm³/mol. The minimum Gasteiger partial charge on any atom is -0.379 e. The summed E-state index contributed by atoms with van der Waals surface area (Å²) in [6.07, 6.45) is 1.76. The van der Waals surface area contributed by atoms with Crippen molar-refractivity contribution >= 4 is 10.9 Å². The van der Waals surface area contributed by atoms with Gasteiger partial charge in [0.15, 0.2) is 5.82 Å². The van der Waals surface area contributed by atoms with E-state index in [0.717, 1.165) is 80.1 Å². The quantitative estimate of drug-likeness (QED) is 0.460. The number of H-pyrrole nitrogens is 1. The van der Waals surface area contributed by atoms with Crippen molar-refractivity contribution in [1.29, 1.82) is 0 Å². The Morgan fingerprint density at radius 3 is 2.61 bits per heavy atom. The number of aryl methyl sites for hydroxylation is 2. The second kappa shape index (κ2) is 11.2. The second-order valence-corrected chi connectivity index (χ2v) is 10.6. The van der Waals surface area contributed by atoms with Gasteiger partial charge >= 0.3 is 0 Å². The molecule has 9 nitrogen and oxygen atoms in total. The maximum atomic E-state index is 13.2. The minimum absolute atomic E-state index is 0.0129. The van der Waals surface area contributed by atoms with Crippen molar-refractivity contribution < 1.29 is 4.74 Å². The lowest BCUT2D eigenvalue weighted by Crippen LogP contribution is -2.43. The molecule has 1 aliphatic heterocycles. The van der Waals surface area contributed by atoms with Crippen LogP contribution >= 0.6 is 0 Å². The molecule has 1 aliphatic rings. The van der Waals surface area contributed by atoms with Gasteiger partial charge in [-0.2, -0.15) is 0 Å². The summed E-state index contributed by atoms with van der Waals surface area (Å²) in [5, 5.41) is 14.0. The number of nitrogens with zero attached hydrogens (tertiary/aromatic N) is 6. The van der Waals surface area contributed by atoms with Gasteiger partial charge in [0.2, 0.25) is 0 Å². The number of ether oxygens (including phenoxy) is 1. The molecule has 36 heavy (non-hydrogen) atoms. The van der Waals surface area contributed by atoms with Crippen LogP contribution in [0.4, 0.5) is 0 Å². The summed E-state index contributed by atoms with van der Waals surface area (Å²) < 4.78 is 7.51. The van der Waals surface area contributed by atoms with Crippen molar-refractivity contribution in [3.8, 4) is 0 Å². The van der Waals surface area contributed by atoms with Crippen LogP contribution in [-0.4, -0.2) is 74.4 Å². The molecule has 1 N–H and O–H groups in total. The van der Waals surface area contributed by atoms with E-state index in [2.05, 4.69) is 84.0 Å². The number of nitrogens with one attached hydrogen (secondary N) is 1. The zero-order valence-electron chi connectivity index (χ0n) is 22.7. The fraction of sp³-hybridized carbons (Fsp3) is 0.630. The Balaban J connectivity index is 1.70. The van der Waals surface area contributed by atoms with Crippen LogP contribution < -0.4 is 5.56 Å². The number of aromatic amines is 1. The van der Waals surface area contributed by atoms with Gasteiger partial charge in [-0.05, 0) is 74.2 Å². The first-order valence-corrected chi connectivity index (χ1v) is 13.2. The minimum atomic E-state index is -0.197. The highest BCUT2D eigenvalue weighted by molar-refractivity contribution is 5.83. The molecule has 0 aliphatic carbocycles.